The summed E-state index contributed by atoms with van der Waals surface area (Å²) in [6.07, 6.45) is 2.04. The van der Waals surface area contributed by atoms with E-state index in [1.807, 2.05) is 0 Å². The monoisotopic (exact) mass is 416 g/mol. The van der Waals surface area contributed by atoms with Gasteiger partial charge in [-0.3, -0.25) is 14.9 Å². The maximum atomic E-state index is 13.0. The zero-order valence-corrected chi connectivity index (χ0v) is 14.9. The number of halogens is 4. The molecule has 0 aromatic heterocycles. The Kier molecular flexibility index (Phi) is 6.83. The maximum Gasteiger partial charge on any atom is 0.387 e. The van der Waals surface area contributed by atoms with Crippen molar-refractivity contribution in [2.45, 2.75) is 6.61 Å². The molecule has 0 unspecified atom stereocenters. The molecule has 0 aliphatic carbocycles. The van der Waals surface area contributed by atoms with E-state index in [1.165, 1.54) is 6.07 Å². The number of nitro benzene ring substituents is 1. The number of alkyl halides is 2. The van der Waals surface area contributed by atoms with Crippen molar-refractivity contribution in [2.24, 2.45) is 0 Å². The minimum absolute atomic E-state index is 0.0390. The fourth-order valence-corrected chi connectivity index (χ4v) is 2.35. The lowest BCUT2D eigenvalue weighted by Gasteiger charge is -2.11. The predicted molar refractivity (Wildman–Crippen MR) is 95.4 cm³/mol. The topological polar surface area (TPSA) is 90.7 Å². The Hall–Kier alpha value is -3.27. The van der Waals surface area contributed by atoms with E-state index in [9.17, 15) is 28.1 Å². The van der Waals surface area contributed by atoms with E-state index in [2.05, 4.69) is 10.1 Å². The molecular formula is C17H12ClF3N2O5. The van der Waals surface area contributed by atoms with Gasteiger partial charge in [0.25, 0.3) is 5.69 Å². The zero-order chi connectivity index (χ0) is 20.8. The fraction of sp³-hybridized carbons (Fsp3) is 0.118. The first-order valence-electron chi connectivity index (χ1n) is 7.46. The minimum atomic E-state index is -3.21. The lowest BCUT2D eigenvalue weighted by Crippen LogP contribution is -2.08. The van der Waals surface area contributed by atoms with Gasteiger partial charge in [-0.05, 0) is 30.3 Å². The number of hydrogen-bond acceptors (Lipinski definition) is 5. The quantitative estimate of drug-likeness (QED) is 0.403. The van der Waals surface area contributed by atoms with Crippen molar-refractivity contribution in [3.05, 3.63) is 62.9 Å². The van der Waals surface area contributed by atoms with Crippen LogP contribution in [0.1, 0.15) is 5.56 Å². The highest BCUT2D eigenvalue weighted by Crippen LogP contribution is 2.36. The molecule has 0 bridgehead atoms. The van der Waals surface area contributed by atoms with Gasteiger partial charge in [0.05, 0.1) is 34.4 Å². The molecule has 2 rings (SSSR count). The van der Waals surface area contributed by atoms with Crippen LogP contribution in [0.15, 0.2) is 36.4 Å². The number of nitro groups is 1. The second kappa shape index (κ2) is 9.09. The molecule has 0 heterocycles. The second-order valence-corrected chi connectivity index (χ2v) is 5.55. The van der Waals surface area contributed by atoms with Crippen molar-refractivity contribution < 1.29 is 32.4 Å². The van der Waals surface area contributed by atoms with Gasteiger partial charge in [-0.2, -0.15) is 8.78 Å². The van der Waals surface area contributed by atoms with Crippen LogP contribution >= 0.6 is 11.6 Å². The third kappa shape index (κ3) is 5.36. The van der Waals surface area contributed by atoms with E-state index in [-0.39, 0.29) is 22.0 Å². The molecule has 1 N–H and O–H groups in total. The van der Waals surface area contributed by atoms with Crippen molar-refractivity contribution in [3.8, 4) is 11.5 Å². The summed E-state index contributed by atoms with van der Waals surface area (Å²) in [5, 5.41) is 13.5. The van der Waals surface area contributed by atoms with Gasteiger partial charge in [0.2, 0.25) is 5.91 Å². The number of nitrogens with one attached hydrogen (secondary N) is 1. The number of rotatable bonds is 7. The van der Waals surface area contributed by atoms with Crippen LogP contribution in [0.5, 0.6) is 11.5 Å². The van der Waals surface area contributed by atoms with Gasteiger partial charge in [-0.15, -0.1) is 0 Å². The summed E-state index contributed by atoms with van der Waals surface area (Å²) in [6.45, 7) is -3.21. The Labute approximate surface area is 161 Å². The number of anilines is 1. The lowest BCUT2D eigenvalue weighted by molar-refractivity contribution is -0.385. The van der Waals surface area contributed by atoms with Crippen LogP contribution in [0, 0.1) is 15.9 Å². The van der Waals surface area contributed by atoms with Crippen molar-refractivity contribution in [3.63, 3.8) is 0 Å². The molecule has 7 nitrogen and oxygen atoms in total. The fourth-order valence-electron chi connectivity index (χ4n) is 2.13. The highest BCUT2D eigenvalue weighted by molar-refractivity contribution is 6.33. The predicted octanol–water partition coefficient (Wildman–Crippen LogP) is 4.65. The standard InChI is InChI=1S/C17H12ClF3N2O5/c1-27-14-6-9(13(23(25)26)8-15(14)28-17(20)21)2-5-16(24)22-12-4-3-10(19)7-11(12)18/h2-8,17H,1H3,(H,22,24)/b5-2+. The molecule has 0 saturated carbocycles. The van der Waals surface area contributed by atoms with E-state index in [1.54, 1.807) is 0 Å². The van der Waals surface area contributed by atoms with Crippen LogP contribution in [-0.4, -0.2) is 24.6 Å². The van der Waals surface area contributed by atoms with Crippen molar-refractivity contribution >= 4 is 35.0 Å². The molecule has 0 saturated heterocycles. The summed E-state index contributed by atoms with van der Waals surface area (Å²) in [4.78, 5) is 22.4. The number of ether oxygens (including phenoxy) is 2. The molecular weight excluding hydrogens is 405 g/mol. The summed E-state index contributed by atoms with van der Waals surface area (Å²) < 4.78 is 47.0. The van der Waals surface area contributed by atoms with Gasteiger partial charge in [0, 0.05) is 6.08 Å². The molecule has 2 aromatic rings. The number of benzene rings is 2. The Morgan fingerprint density at radius 3 is 2.57 bits per heavy atom. The van der Waals surface area contributed by atoms with Crippen molar-refractivity contribution in [2.75, 3.05) is 12.4 Å². The average molecular weight is 417 g/mol. The molecule has 11 heteroatoms. The van der Waals surface area contributed by atoms with E-state index < -0.39 is 34.7 Å². The largest absolute Gasteiger partial charge is 0.493 e. The Morgan fingerprint density at radius 2 is 2.00 bits per heavy atom. The molecule has 0 radical (unpaired) electrons. The number of carbonyl (C=O) groups is 1. The van der Waals surface area contributed by atoms with Gasteiger partial charge >= 0.3 is 6.61 Å². The van der Waals surface area contributed by atoms with Crippen molar-refractivity contribution in [1.29, 1.82) is 0 Å². The zero-order valence-electron chi connectivity index (χ0n) is 14.1. The smallest absolute Gasteiger partial charge is 0.387 e. The van der Waals surface area contributed by atoms with Crippen LogP contribution in [-0.2, 0) is 4.79 Å². The first kappa shape index (κ1) is 21.0. The Balaban J connectivity index is 2.30. The van der Waals surface area contributed by atoms with E-state index in [0.717, 1.165) is 43.5 Å². The van der Waals surface area contributed by atoms with Crippen LogP contribution < -0.4 is 14.8 Å². The Morgan fingerprint density at radius 1 is 1.29 bits per heavy atom. The lowest BCUT2D eigenvalue weighted by atomic mass is 10.1. The molecule has 0 aliphatic rings. The number of nitrogens with zero attached hydrogens (tertiary/aromatic N) is 1. The number of carbonyl (C=O) groups excluding carboxylic acids is 1. The van der Waals surface area contributed by atoms with E-state index in [0.29, 0.717) is 0 Å². The molecule has 0 spiro atoms. The molecule has 0 aliphatic heterocycles. The normalized spacial score (nSPS) is 10.9. The van der Waals surface area contributed by atoms with Gasteiger partial charge in [-0.25, -0.2) is 4.39 Å². The first-order chi connectivity index (χ1) is 13.2. The molecule has 0 atom stereocenters. The Bertz CT molecular complexity index is 937. The third-order valence-corrected chi connectivity index (χ3v) is 3.64. The van der Waals surface area contributed by atoms with Crippen LogP contribution in [0.3, 0.4) is 0 Å². The maximum absolute atomic E-state index is 13.0. The summed E-state index contributed by atoms with van der Waals surface area (Å²) in [6, 6.07) is 5.16. The average Bonchev–Trinajstić information content (AvgIpc) is 2.62. The molecule has 2 aromatic carbocycles. The number of hydrogen-bond donors (Lipinski definition) is 1. The van der Waals surface area contributed by atoms with Gasteiger partial charge in [-0.1, -0.05) is 11.6 Å². The summed E-state index contributed by atoms with van der Waals surface area (Å²) in [5.74, 6) is -2.02. The van der Waals surface area contributed by atoms with E-state index in [4.69, 9.17) is 16.3 Å². The van der Waals surface area contributed by atoms with Gasteiger partial charge in [0.1, 0.15) is 5.82 Å². The SMILES string of the molecule is COc1cc(/C=C/C(=O)Nc2ccc(F)cc2Cl)c([N+](=O)[O-])cc1OC(F)F. The minimum Gasteiger partial charge on any atom is -0.493 e. The summed E-state index contributed by atoms with van der Waals surface area (Å²) in [7, 11) is 1.16. The van der Waals surface area contributed by atoms with Crippen LogP contribution in [0.2, 0.25) is 5.02 Å². The first-order valence-corrected chi connectivity index (χ1v) is 7.84. The molecule has 28 heavy (non-hydrogen) atoms. The summed E-state index contributed by atoms with van der Waals surface area (Å²) in [5.41, 5.74) is -0.547. The van der Waals surface area contributed by atoms with Gasteiger partial charge < -0.3 is 14.8 Å². The molecule has 0 fully saturated rings. The number of methoxy groups -OCH3 is 1. The van der Waals surface area contributed by atoms with Gasteiger partial charge in [0.15, 0.2) is 11.5 Å². The number of amides is 1. The third-order valence-electron chi connectivity index (χ3n) is 3.33. The van der Waals surface area contributed by atoms with E-state index >= 15 is 0 Å². The highest BCUT2D eigenvalue weighted by atomic mass is 35.5. The van der Waals surface area contributed by atoms with Crippen molar-refractivity contribution in [1.82, 2.24) is 0 Å². The summed E-state index contributed by atoms with van der Waals surface area (Å²) >= 11 is 5.80. The van der Waals surface area contributed by atoms with Crippen LogP contribution in [0.25, 0.3) is 6.08 Å². The molecule has 1 amide bonds. The second-order valence-electron chi connectivity index (χ2n) is 5.14. The highest BCUT2D eigenvalue weighted by Gasteiger charge is 2.20. The molecule has 148 valence electrons. The van der Waals surface area contributed by atoms with Crippen LogP contribution in [0.4, 0.5) is 24.5 Å².